The van der Waals surface area contributed by atoms with Crippen LogP contribution in [-0.2, 0) is 14.5 Å². The molecule has 0 fully saturated rings. The zero-order valence-corrected chi connectivity index (χ0v) is 6.85. The standard InChI is InChI=1S/C4H10N2O4S/c1-2-3-6-11(8,9)10-4(5)7/h6H,2-3H2,1H3,(H2,5,7). The molecule has 0 aliphatic heterocycles. The smallest absolute Gasteiger partial charge is 0.334 e. The molecule has 0 unspecified atom stereocenters. The quantitative estimate of drug-likeness (QED) is 0.602. The fraction of sp³-hybridized carbons (Fsp3) is 0.750. The Kier molecular flexibility index (Phi) is 3.83. The second kappa shape index (κ2) is 4.14. The Balaban J connectivity index is 3.92. The number of hydrogen-bond acceptors (Lipinski definition) is 4. The maximum atomic E-state index is 10.6. The molecule has 0 aliphatic carbocycles. The summed E-state index contributed by atoms with van der Waals surface area (Å²) >= 11 is 0. The molecule has 3 N–H and O–H groups in total. The Morgan fingerprint density at radius 1 is 1.64 bits per heavy atom. The van der Waals surface area contributed by atoms with Crippen LogP contribution in [0.5, 0.6) is 0 Å². The molecule has 0 aromatic carbocycles. The highest BCUT2D eigenvalue weighted by molar-refractivity contribution is 7.85. The van der Waals surface area contributed by atoms with Gasteiger partial charge in [-0.3, -0.25) is 0 Å². The van der Waals surface area contributed by atoms with Crippen LogP contribution in [0.25, 0.3) is 0 Å². The summed E-state index contributed by atoms with van der Waals surface area (Å²) < 4.78 is 26.9. The zero-order valence-electron chi connectivity index (χ0n) is 6.03. The number of rotatable bonds is 4. The van der Waals surface area contributed by atoms with Crippen LogP contribution in [0.15, 0.2) is 0 Å². The number of amides is 1. The Labute approximate surface area is 65.0 Å². The van der Waals surface area contributed by atoms with Crippen molar-refractivity contribution < 1.29 is 17.4 Å². The van der Waals surface area contributed by atoms with Gasteiger partial charge in [0.1, 0.15) is 0 Å². The van der Waals surface area contributed by atoms with E-state index in [1.807, 2.05) is 4.72 Å². The van der Waals surface area contributed by atoms with Gasteiger partial charge in [-0.2, -0.15) is 13.1 Å². The van der Waals surface area contributed by atoms with Crippen molar-refractivity contribution in [1.82, 2.24) is 4.72 Å². The van der Waals surface area contributed by atoms with Gasteiger partial charge in [-0.25, -0.2) is 4.79 Å². The molecule has 0 aromatic heterocycles. The molecule has 11 heavy (non-hydrogen) atoms. The van der Waals surface area contributed by atoms with E-state index < -0.39 is 16.4 Å². The Bertz CT molecular complexity index is 222. The van der Waals surface area contributed by atoms with E-state index in [1.165, 1.54) is 0 Å². The molecule has 66 valence electrons. The fourth-order valence-electron chi connectivity index (χ4n) is 0.365. The Morgan fingerprint density at radius 2 is 2.18 bits per heavy atom. The molecule has 0 radical (unpaired) electrons. The summed E-state index contributed by atoms with van der Waals surface area (Å²) in [4.78, 5) is 9.96. The van der Waals surface area contributed by atoms with E-state index in [1.54, 1.807) is 6.92 Å². The lowest BCUT2D eigenvalue weighted by Gasteiger charge is -2.01. The molecular weight excluding hydrogens is 172 g/mol. The zero-order chi connectivity index (χ0) is 8.91. The van der Waals surface area contributed by atoms with Crippen LogP contribution >= 0.6 is 0 Å². The summed E-state index contributed by atoms with van der Waals surface area (Å²) in [7, 11) is -3.97. The summed E-state index contributed by atoms with van der Waals surface area (Å²) in [6.45, 7) is 1.99. The molecule has 0 bridgehead atoms. The summed E-state index contributed by atoms with van der Waals surface area (Å²) in [5.74, 6) is 0. The van der Waals surface area contributed by atoms with Crippen molar-refractivity contribution in [3.63, 3.8) is 0 Å². The van der Waals surface area contributed by atoms with Crippen molar-refractivity contribution >= 4 is 16.4 Å². The van der Waals surface area contributed by atoms with Crippen LogP contribution in [0, 0.1) is 0 Å². The lowest BCUT2D eigenvalue weighted by atomic mass is 10.5. The lowest BCUT2D eigenvalue weighted by molar-refractivity contribution is 0.212. The lowest BCUT2D eigenvalue weighted by Crippen LogP contribution is -2.30. The number of nitrogens with two attached hydrogens (primary N) is 1. The average molecular weight is 182 g/mol. The van der Waals surface area contributed by atoms with Crippen LogP contribution in [0.2, 0.25) is 0 Å². The van der Waals surface area contributed by atoms with Crippen LogP contribution in [-0.4, -0.2) is 21.1 Å². The summed E-state index contributed by atoms with van der Waals surface area (Å²) in [6, 6.07) is 0. The largest absolute Gasteiger partial charge is 0.421 e. The number of nitrogens with one attached hydrogen (secondary N) is 1. The van der Waals surface area contributed by atoms with Crippen molar-refractivity contribution in [2.45, 2.75) is 13.3 Å². The molecular formula is C4H10N2O4S. The summed E-state index contributed by atoms with van der Waals surface area (Å²) in [6.07, 6.45) is -0.727. The number of primary amides is 1. The predicted molar refractivity (Wildman–Crippen MR) is 37.9 cm³/mol. The molecule has 0 aliphatic rings. The molecule has 0 heterocycles. The second-order valence-corrected chi connectivity index (χ2v) is 3.11. The first-order valence-electron chi connectivity index (χ1n) is 2.96. The van der Waals surface area contributed by atoms with Crippen molar-refractivity contribution in [3.8, 4) is 0 Å². The summed E-state index contributed by atoms with van der Waals surface area (Å²) in [5, 5.41) is 0. The minimum absolute atomic E-state index is 0.218. The van der Waals surface area contributed by atoms with E-state index in [-0.39, 0.29) is 6.54 Å². The number of hydrogen-bond donors (Lipinski definition) is 2. The van der Waals surface area contributed by atoms with Gasteiger partial charge in [-0.05, 0) is 6.42 Å². The monoisotopic (exact) mass is 182 g/mol. The van der Waals surface area contributed by atoms with Gasteiger partial charge in [0, 0.05) is 6.54 Å². The molecule has 0 atom stereocenters. The Hall–Kier alpha value is -0.820. The van der Waals surface area contributed by atoms with Gasteiger partial charge in [0.05, 0.1) is 0 Å². The predicted octanol–water partition coefficient (Wildman–Crippen LogP) is -0.674. The Morgan fingerprint density at radius 3 is 2.55 bits per heavy atom. The second-order valence-electron chi connectivity index (χ2n) is 1.75. The maximum absolute atomic E-state index is 10.6. The SMILES string of the molecule is CCCNS(=O)(=O)OC(N)=O. The molecule has 0 spiro atoms. The first-order valence-corrected chi connectivity index (χ1v) is 4.37. The van der Waals surface area contributed by atoms with Gasteiger partial charge in [-0.15, -0.1) is 0 Å². The average Bonchev–Trinajstić information content (AvgIpc) is 1.81. The van der Waals surface area contributed by atoms with Gasteiger partial charge in [-0.1, -0.05) is 6.92 Å². The number of carbonyl (C=O) groups is 1. The first kappa shape index (κ1) is 10.2. The van der Waals surface area contributed by atoms with E-state index in [4.69, 9.17) is 0 Å². The molecule has 7 heteroatoms. The van der Waals surface area contributed by atoms with Crippen LogP contribution < -0.4 is 10.5 Å². The van der Waals surface area contributed by atoms with Gasteiger partial charge in [0.25, 0.3) is 0 Å². The summed E-state index contributed by atoms with van der Waals surface area (Å²) in [5.41, 5.74) is 4.47. The van der Waals surface area contributed by atoms with Crippen molar-refractivity contribution in [2.24, 2.45) is 5.73 Å². The van der Waals surface area contributed by atoms with Crippen molar-refractivity contribution in [1.29, 1.82) is 0 Å². The van der Waals surface area contributed by atoms with Gasteiger partial charge >= 0.3 is 16.4 Å². The minimum atomic E-state index is -3.97. The van der Waals surface area contributed by atoms with E-state index in [2.05, 4.69) is 9.92 Å². The molecule has 6 nitrogen and oxygen atoms in total. The molecule has 0 saturated carbocycles. The first-order chi connectivity index (χ1) is 4.98. The van der Waals surface area contributed by atoms with Crippen molar-refractivity contribution in [2.75, 3.05) is 6.54 Å². The third-order valence-electron chi connectivity index (χ3n) is 0.721. The molecule has 0 rings (SSSR count). The molecule has 0 saturated heterocycles. The van der Waals surface area contributed by atoms with Crippen LogP contribution in [0.4, 0.5) is 4.79 Å². The van der Waals surface area contributed by atoms with Gasteiger partial charge < -0.3 is 9.92 Å². The van der Waals surface area contributed by atoms with E-state index in [9.17, 15) is 13.2 Å². The maximum Gasteiger partial charge on any atom is 0.421 e. The number of carbonyl (C=O) groups excluding carboxylic acids is 1. The minimum Gasteiger partial charge on any atom is -0.334 e. The van der Waals surface area contributed by atoms with Crippen molar-refractivity contribution in [3.05, 3.63) is 0 Å². The highest BCUT2D eigenvalue weighted by atomic mass is 32.2. The van der Waals surface area contributed by atoms with E-state index in [0.717, 1.165) is 0 Å². The van der Waals surface area contributed by atoms with E-state index >= 15 is 0 Å². The molecule has 1 amide bonds. The van der Waals surface area contributed by atoms with Gasteiger partial charge in [0.15, 0.2) is 0 Å². The molecule has 0 aromatic rings. The van der Waals surface area contributed by atoms with Crippen LogP contribution in [0.3, 0.4) is 0 Å². The highest BCUT2D eigenvalue weighted by Crippen LogP contribution is 1.86. The third kappa shape index (κ3) is 5.62. The van der Waals surface area contributed by atoms with Gasteiger partial charge in [0.2, 0.25) is 0 Å². The fourth-order valence-corrected chi connectivity index (χ4v) is 1.09. The van der Waals surface area contributed by atoms with E-state index in [0.29, 0.717) is 6.42 Å². The third-order valence-corrected chi connectivity index (χ3v) is 1.66. The highest BCUT2D eigenvalue weighted by Gasteiger charge is 2.12. The topological polar surface area (TPSA) is 98.5 Å². The normalized spacial score (nSPS) is 11.0. The van der Waals surface area contributed by atoms with Crippen LogP contribution in [0.1, 0.15) is 13.3 Å².